The fourth-order valence-corrected chi connectivity index (χ4v) is 2.66. The molecule has 0 bridgehead atoms. The number of rotatable bonds is 3. The first-order valence-electron chi connectivity index (χ1n) is 6.01. The lowest BCUT2D eigenvalue weighted by Crippen LogP contribution is -2.29. The highest BCUT2D eigenvalue weighted by atomic mass is 32.1. The average molecular weight is 268 g/mol. The smallest absolute Gasteiger partial charge is 0.365 e. The molecule has 5 nitrogen and oxygen atoms in total. The molecule has 1 N–H and O–H groups in total. The number of amides is 1. The Balaban J connectivity index is 2.02. The Morgan fingerprint density at radius 1 is 1.61 bits per heavy atom. The number of aromatic carboxylic acids is 1. The van der Waals surface area contributed by atoms with Gasteiger partial charge in [-0.05, 0) is 18.8 Å². The number of likely N-dealkylation sites (tertiary alicyclic amines) is 1. The number of carbonyl (C=O) groups excluding carboxylic acids is 1. The first-order chi connectivity index (χ1) is 8.56. The van der Waals surface area contributed by atoms with Crippen LogP contribution in [0.1, 0.15) is 41.7 Å². The van der Waals surface area contributed by atoms with Crippen molar-refractivity contribution in [3.05, 3.63) is 16.1 Å². The zero-order chi connectivity index (χ0) is 13.1. The van der Waals surface area contributed by atoms with E-state index in [1.165, 1.54) is 0 Å². The molecule has 1 aliphatic rings. The predicted octanol–water partition coefficient (Wildman–Crippen LogP) is 1.99. The molecule has 1 fully saturated rings. The molecule has 1 amide bonds. The summed E-state index contributed by atoms with van der Waals surface area (Å²) in [5.74, 6) is -0.296. The molecule has 2 rings (SSSR count). The van der Waals surface area contributed by atoms with E-state index in [9.17, 15) is 9.59 Å². The fourth-order valence-electron chi connectivity index (χ4n) is 2.01. The van der Waals surface area contributed by atoms with Crippen LogP contribution in [0.15, 0.2) is 5.38 Å². The largest absolute Gasteiger partial charge is 0.476 e. The summed E-state index contributed by atoms with van der Waals surface area (Å²) in [6, 6.07) is 0. The van der Waals surface area contributed by atoms with Crippen LogP contribution in [0.3, 0.4) is 0 Å². The van der Waals surface area contributed by atoms with Crippen molar-refractivity contribution in [2.75, 3.05) is 6.54 Å². The predicted molar refractivity (Wildman–Crippen MR) is 67.5 cm³/mol. The Morgan fingerprint density at radius 3 is 3.06 bits per heavy atom. The van der Waals surface area contributed by atoms with Gasteiger partial charge in [-0.25, -0.2) is 9.78 Å². The molecule has 0 aromatic carbocycles. The van der Waals surface area contributed by atoms with E-state index >= 15 is 0 Å². The number of hydrogen-bond donors (Lipinski definition) is 1. The average Bonchev–Trinajstić information content (AvgIpc) is 2.74. The van der Waals surface area contributed by atoms with E-state index in [1.807, 2.05) is 0 Å². The zero-order valence-electron chi connectivity index (χ0n) is 10.3. The number of carbonyl (C=O) groups is 2. The molecule has 1 atom stereocenters. The molecule has 2 heterocycles. The lowest BCUT2D eigenvalue weighted by Gasteiger charge is -2.19. The number of nitrogens with zero attached hydrogens (tertiary/aromatic N) is 2. The third kappa shape index (κ3) is 3.07. The highest BCUT2D eigenvalue weighted by molar-refractivity contribution is 7.11. The topological polar surface area (TPSA) is 70.5 Å². The summed E-state index contributed by atoms with van der Waals surface area (Å²) >= 11 is 1.10. The van der Waals surface area contributed by atoms with Gasteiger partial charge in [-0.3, -0.25) is 4.79 Å². The van der Waals surface area contributed by atoms with Crippen molar-refractivity contribution >= 4 is 23.2 Å². The van der Waals surface area contributed by atoms with Gasteiger partial charge in [0.1, 0.15) is 0 Å². The fraction of sp³-hybridized carbons (Fsp3) is 0.583. The van der Waals surface area contributed by atoms with Crippen LogP contribution in [-0.2, 0) is 11.3 Å². The Morgan fingerprint density at radius 2 is 2.39 bits per heavy atom. The van der Waals surface area contributed by atoms with Crippen molar-refractivity contribution in [2.45, 2.75) is 32.7 Å². The summed E-state index contributed by atoms with van der Waals surface area (Å²) in [4.78, 5) is 28.4. The van der Waals surface area contributed by atoms with E-state index in [0.29, 0.717) is 24.6 Å². The first kappa shape index (κ1) is 13.0. The maximum atomic E-state index is 11.9. The van der Waals surface area contributed by atoms with E-state index in [1.54, 1.807) is 10.3 Å². The SMILES string of the molecule is CC1CCC(=O)N(Cc2csc(C(=O)O)n2)CC1. The van der Waals surface area contributed by atoms with Gasteiger partial charge < -0.3 is 10.0 Å². The number of thiazole rings is 1. The standard InChI is InChI=1S/C12H16N2O3S/c1-8-2-3-10(15)14(5-4-8)6-9-7-18-11(13-9)12(16)17/h7-8H,2-6H2,1H3,(H,16,17). The molecule has 1 saturated heterocycles. The molecule has 0 radical (unpaired) electrons. The minimum atomic E-state index is -1.01. The number of hydrogen-bond acceptors (Lipinski definition) is 4. The number of carboxylic acids is 1. The van der Waals surface area contributed by atoms with Crippen LogP contribution in [0.25, 0.3) is 0 Å². The van der Waals surface area contributed by atoms with Gasteiger partial charge in [0.15, 0.2) is 0 Å². The van der Waals surface area contributed by atoms with E-state index in [-0.39, 0.29) is 10.9 Å². The van der Waals surface area contributed by atoms with Crippen molar-refractivity contribution < 1.29 is 14.7 Å². The molecule has 1 unspecified atom stereocenters. The molecule has 98 valence electrons. The Kier molecular flexibility index (Phi) is 3.96. The molecule has 1 aliphatic heterocycles. The van der Waals surface area contributed by atoms with Crippen LogP contribution in [0.4, 0.5) is 0 Å². The van der Waals surface area contributed by atoms with E-state index < -0.39 is 5.97 Å². The second-order valence-electron chi connectivity index (χ2n) is 4.70. The Labute approximate surface area is 109 Å². The van der Waals surface area contributed by atoms with Crippen LogP contribution < -0.4 is 0 Å². The highest BCUT2D eigenvalue weighted by Crippen LogP contribution is 2.20. The molecule has 0 spiro atoms. The van der Waals surface area contributed by atoms with Crippen molar-refractivity contribution in [2.24, 2.45) is 5.92 Å². The van der Waals surface area contributed by atoms with Crippen LogP contribution in [0, 0.1) is 5.92 Å². The van der Waals surface area contributed by atoms with Gasteiger partial charge in [0.25, 0.3) is 0 Å². The van der Waals surface area contributed by atoms with Gasteiger partial charge in [0.05, 0.1) is 12.2 Å². The van der Waals surface area contributed by atoms with Crippen LogP contribution in [0.5, 0.6) is 0 Å². The van der Waals surface area contributed by atoms with E-state index in [2.05, 4.69) is 11.9 Å². The third-order valence-corrected chi connectivity index (χ3v) is 4.06. The van der Waals surface area contributed by atoms with Gasteiger partial charge in [0.2, 0.25) is 10.9 Å². The second-order valence-corrected chi connectivity index (χ2v) is 5.56. The maximum Gasteiger partial charge on any atom is 0.365 e. The maximum absolute atomic E-state index is 11.9. The molecular weight excluding hydrogens is 252 g/mol. The minimum absolute atomic E-state index is 0.0839. The Hall–Kier alpha value is -1.43. The molecule has 0 aliphatic carbocycles. The van der Waals surface area contributed by atoms with Crippen LogP contribution in [-0.4, -0.2) is 33.4 Å². The van der Waals surface area contributed by atoms with Gasteiger partial charge in [0, 0.05) is 18.3 Å². The second kappa shape index (κ2) is 5.48. The number of carboxylic acid groups (broad SMARTS) is 1. The van der Waals surface area contributed by atoms with Crippen molar-refractivity contribution in [1.29, 1.82) is 0 Å². The van der Waals surface area contributed by atoms with Gasteiger partial charge in [-0.2, -0.15) is 0 Å². The molecular formula is C12H16N2O3S. The van der Waals surface area contributed by atoms with E-state index in [4.69, 9.17) is 5.11 Å². The molecule has 0 saturated carbocycles. The van der Waals surface area contributed by atoms with Gasteiger partial charge in [-0.15, -0.1) is 11.3 Å². The first-order valence-corrected chi connectivity index (χ1v) is 6.89. The van der Waals surface area contributed by atoms with Crippen molar-refractivity contribution in [3.8, 4) is 0 Å². The molecule has 1 aromatic rings. The third-order valence-electron chi connectivity index (χ3n) is 3.18. The molecule has 1 aromatic heterocycles. The summed E-state index contributed by atoms with van der Waals surface area (Å²) < 4.78 is 0. The minimum Gasteiger partial charge on any atom is -0.476 e. The quantitative estimate of drug-likeness (QED) is 0.910. The summed E-state index contributed by atoms with van der Waals surface area (Å²) in [5, 5.41) is 10.6. The Bertz CT molecular complexity index is 458. The normalized spacial score (nSPS) is 20.8. The van der Waals surface area contributed by atoms with Crippen molar-refractivity contribution in [3.63, 3.8) is 0 Å². The monoisotopic (exact) mass is 268 g/mol. The lowest BCUT2D eigenvalue weighted by molar-refractivity contribution is -0.131. The van der Waals surface area contributed by atoms with Crippen molar-refractivity contribution in [1.82, 2.24) is 9.88 Å². The summed E-state index contributed by atoms with van der Waals surface area (Å²) in [5.41, 5.74) is 0.667. The van der Waals surface area contributed by atoms with Gasteiger partial charge in [-0.1, -0.05) is 6.92 Å². The zero-order valence-corrected chi connectivity index (χ0v) is 11.1. The van der Waals surface area contributed by atoms with Crippen LogP contribution in [0.2, 0.25) is 0 Å². The summed E-state index contributed by atoms with van der Waals surface area (Å²) in [7, 11) is 0. The van der Waals surface area contributed by atoms with Crippen LogP contribution >= 0.6 is 11.3 Å². The highest BCUT2D eigenvalue weighted by Gasteiger charge is 2.21. The lowest BCUT2D eigenvalue weighted by atomic mass is 10.0. The number of aromatic nitrogens is 1. The van der Waals surface area contributed by atoms with Gasteiger partial charge >= 0.3 is 5.97 Å². The van der Waals surface area contributed by atoms with E-state index in [0.717, 1.165) is 30.7 Å². The molecule has 18 heavy (non-hydrogen) atoms. The summed E-state index contributed by atoms with van der Waals surface area (Å²) in [6.07, 6.45) is 2.52. The summed E-state index contributed by atoms with van der Waals surface area (Å²) in [6.45, 7) is 3.32. The molecule has 6 heteroatoms.